The van der Waals surface area contributed by atoms with Crippen molar-refractivity contribution in [2.24, 2.45) is 0 Å². The number of furan rings is 1. The second kappa shape index (κ2) is 7.15. The summed E-state index contributed by atoms with van der Waals surface area (Å²) < 4.78 is 11.2. The van der Waals surface area contributed by atoms with E-state index in [-0.39, 0.29) is 0 Å². The number of para-hydroxylation sites is 1. The molecule has 20 heavy (non-hydrogen) atoms. The van der Waals surface area contributed by atoms with Crippen LogP contribution in [0, 0.1) is 13.8 Å². The van der Waals surface area contributed by atoms with Crippen molar-refractivity contribution in [3.63, 3.8) is 0 Å². The van der Waals surface area contributed by atoms with Gasteiger partial charge in [-0.25, -0.2) is 0 Å². The Balaban J connectivity index is 1.67. The van der Waals surface area contributed by atoms with Crippen LogP contribution < -0.4 is 10.1 Å². The van der Waals surface area contributed by atoms with Gasteiger partial charge in [-0.2, -0.15) is 0 Å². The van der Waals surface area contributed by atoms with Gasteiger partial charge in [0.25, 0.3) is 0 Å². The van der Waals surface area contributed by atoms with E-state index in [1.165, 1.54) is 5.56 Å². The van der Waals surface area contributed by atoms with E-state index in [9.17, 15) is 0 Å². The topological polar surface area (TPSA) is 34.4 Å². The van der Waals surface area contributed by atoms with Crippen LogP contribution in [0.3, 0.4) is 0 Å². The molecule has 1 heterocycles. The largest absolute Gasteiger partial charge is 0.494 e. The molecule has 0 bridgehead atoms. The number of benzene rings is 1. The zero-order valence-electron chi connectivity index (χ0n) is 12.5. The highest BCUT2D eigenvalue weighted by molar-refractivity contribution is 5.23. The van der Waals surface area contributed by atoms with Crippen molar-refractivity contribution in [2.45, 2.75) is 33.2 Å². The van der Waals surface area contributed by atoms with Gasteiger partial charge < -0.3 is 14.5 Å². The number of hydrogen-bond donors (Lipinski definition) is 1. The predicted octanol–water partition coefficient (Wildman–Crippen LogP) is 4.02. The zero-order chi connectivity index (χ0) is 14.4. The molecule has 1 atom stereocenters. The van der Waals surface area contributed by atoms with E-state index in [0.29, 0.717) is 6.04 Å². The third-order valence-electron chi connectivity index (χ3n) is 3.33. The van der Waals surface area contributed by atoms with Crippen molar-refractivity contribution in [1.29, 1.82) is 0 Å². The van der Waals surface area contributed by atoms with Gasteiger partial charge in [0, 0.05) is 11.6 Å². The van der Waals surface area contributed by atoms with Gasteiger partial charge in [0.1, 0.15) is 17.3 Å². The lowest BCUT2D eigenvalue weighted by Gasteiger charge is -2.13. The number of rotatable bonds is 7. The molecule has 0 aliphatic rings. The van der Waals surface area contributed by atoms with E-state index in [1.807, 2.05) is 44.2 Å². The predicted molar refractivity (Wildman–Crippen MR) is 81.2 cm³/mol. The van der Waals surface area contributed by atoms with Crippen molar-refractivity contribution < 1.29 is 9.15 Å². The summed E-state index contributed by atoms with van der Waals surface area (Å²) in [6.07, 6.45) is 0.981. The lowest BCUT2D eigenvalue weighted by Crippen LogP contribution is -2.21. The maximum atomic E-state index is 5.66. The van der Waals surface area contributed by atoms with Crippen molar-refractivity contribution in [3.8, 4) is 5.75 Å². The third-order valence-corrected chi connectivity index (χ3v) is 3.33. The molecule has 1 N–H and O–H groups in total. The molecule has 2 rings (SSSR count). The monoisotopic (exact) mass is 273 g/mol. The molecule has 2 aromatic rings. The van der Waals surface area contributed by atoms with Gasteiger partial charge in [-0.05, 0) is 51.9 Å². The number of nitrogens with one attached hydrogen (secondary N) is 1. The van der Waals surface area contributed by atoms with E-state index in [2.05, 4.69) is 18.3 Å². The van der Waals surface area contributed by atoms with Crippen LogP contribution >= 0.6 is 0 Å². The molecule has 0 spiro atoms. The van der Waals surface area contributed by atoms with Gasteiger partial charge in [-0.3, -0.25) is 0 Å². The Bertz CT molecular complexity index is 519. The van der Waals surface area contributed by atoms with Crippen molar-refractivity contribution in [3.05, 3.63) is 53.5 Å². The highest BCUT2D eigenvalue weighted by Gasteiger charge is 2.11. The van der Waals surface area contributed by atoms with Crippen LogP contribution in [0.25, 0.3) is 0 Å². The molecule has 0 amide bonds. The Labute approximate surface area is 121 Å². The zero-order valence-corrected chi connectivity index (χ0v) is 12.5. The second-order valence-corrected chi connectivity index (χ2v) is 5.06. The first-order chi connectivity index (χ1) is 9.66. The molecular weight excluding hydrogens is 250 g/mol. The van der Waals surface area contributed by atoms with Crippen molar-refractivity contribution >= 4 is 0 Å². The minimum absolute atomic E-state index is 0.309. The Hall–Kier alpha value is -1.74. The number of ether oxygens (including phenoxy) is 1. The first-order valence-corrected chi connectivity index (χ1v) is 7.15. The molecule has 108 valence electrons. The van der Waals surface area contributed by atoms with E-state index in [0.717, 1.165) is 36.8 Å². The molecule has 0 radical (unpaired) electrons. The number of hydrogen-bond acceptors (Lipinski definition) is 3. The van der Waals surface area contributed by atoms with Gasteiger partial charge >= 0.3 is 0 Å². The summed E-state index contributed by atoms with van der Waals surface area (Å²) in [5, 5.41) is 3.50. The number of aryl methyl sites for hydroxylation is 2. The smallest absolute Gasteiger partial charge is 0.119 e. The normalized spacial score (nSPS) is 12.3. The Kier molecular flexibility index (Phi) is 5.24. The van der Waals surface area contributed by atoms with Crippen LogP contribution in [0.4, 0.5) is 0 Å². The summed E-state index contributed by atoms with van der Waals surface area (Å²) in [4.78, 5) is 0. The standard InChI is InChI=1S/C17H23NO2/c1-13-12-17(15(3)20-13)14(2)18-10-7-11-19-16-8-5-4-6-9-16/h4-6,8-9,12,14,18H,7,10-11H2,1-3H3. The molecular formula is C17H23NO2. The molecule has 3 heteroatoms. The van der Waals surface area contributed by atoms with Crippen LogP contribution in [0.2, 0.25) is 0 Å². The molecule has 1 unspecified atom stereocenters. The summed E-state index contributed by atoms with van der Waals surface area (Å²) in [5.74, 6) is 2.91. The van der Waals surface area contributed by atoms with Crippen LogP contribution in [0.5, 0.6) is 5.75 Å². The molecule has 1 aromatic carbocycles. The minimum Gasteiger partial charge on any atom is -0.494 e. The summed E-state index contributed by atoms with van der Waals surface area (Å²) in [6.45, 7) is 7.82. The molecule has 0 fully saturated rings. The third kappa shape index (κ3) is 4.14. The lowest BCUT2D eigenvalue weighted by molar-refractivity contribution is 0.305. The molecule has 0 aliphatic carbocycles. The summed E-state index contributed by atoms with van der Waals surface area (Å²) >= 11 is 0. The molecule has 0 aliphatic heterocycles. The van der Waals surface area contributed by atoms with E-state index >= 15 is 0 Å². The SMILES string of the molecule is Cc1cc(C(C)NCCCOc2ccccc2)c(C)o1. The molecule has 3 nitrogen and oxygen atoms in total. The van der Waals surface area contributed by atoms with Gasteiger partial charge in [0.05, 0.1) is 6.61 Å². The quantitative estimate of drug-likeness (QED) is 0.774. The van der Waals surface area contributed by atoms with Crippen LogP contribution in [-0.2, 0) is 0 Å². The fourth-order valence-corrected chi connectivity index (χ4v) is 2.29. The fourth-order valence-electron chi connectivity index (χ4n) is 2.29. The average Bonchev–Trinajstić information content (AvgIpc) is 2.78. The summed E-state index contributed by atoms with van der Waals surface area (Å²) in [5.41, 5.74) is 1.24. The summed E-state index contributed by atoms with van der Waals surface area (Å²) in [7, 11) is 0. The Morgan fingerprint density at radius 3 is 2.60 bits per heavy atom. The fraction of sp³-hybridized carbons (Fsp3) is 0.412. The lowest BCUT2D eigenvalue weighted by atomic mass is 10.1. The molecule has 0 saturated carbocycles. The summed E-state index contributed by atoms with van der Waals surface area (Å²) in [6, 6.07) is 12.3. The molecule has 0 saturated heterocycles. The van der Waals surface area contributed by atoms with Gasteiger partial charge in [-0.15, -0.1) is 0 Å². The molecule has 1 aromatic heterocycles. The second-order valence-electron chi connectivity index (χ2n) is 5.06. The average molecular weight is 273 g/mol. The first kappa shape index (κ1) is 14.7. The Morgan fingerprint density at radius 1 is 1.20 bits per heavy atom. The van der Waals surface area contributed by atoms with Gasteiger partial charge in [0.15, 0.2) is 0 Å². The maximum absolute atomic E-state index is 5.66. The van der Waals surface area contributed by atoms with Crippen LogP contribution in [-0.4, -0.2) is 13.2 Å². The van der Waals surface area contributed by atoms with Gasteiger partial charge in [-0.1, -0.05) is 18.2 Å². The van der Waals surface area contributed by atoms with Crippen molar-refractivity contribution in [2.75, 3.05) is 13.2 Å². The van der Waals surface area contributed by atoms with E-state index in [1.54, 1.807) is 0 Å². The minimum atomic E-state index is 0.309. The van der Waals surface area contributed by atoms with Crippen LogP contribution in [0.15, 0.2) is 40.8 Å². The van der Waals surface area contributed by atoms with Crippen LogP contribution in [0.1, 0.15) is 36.5 Å². The van der Waals surface area contributed by atoms with E-state index in [4.69, 9.17) is 9.15 Å². The highest BCUT2D eigenvalue weighted by atomic mass is 16.5. The van der Waals surface area contributed by atoms with Crippen molar-refractivity contribution in [1.82, 2.24) is 5.32 Å². The van der Waals surface area contributed by atoms with E-state index < -0.39 is 0 Å². The maximum Gasteiger partial charge on any atom is 0.119 e. The first-order valence-electron chi connectivity index (χ1n) is 7.15. The Morgan fingerprint density at radius 2 is 1.95 bits per heavy atom. The highest BCUT2D eigenvalue weighted by Crippen LogP contribution is 2.20. The van der Waals surface area contributed by atoms with Gasteiger partial charge in [0.2, 0.25) is 0 Å².